The van der Waals surface area contributed by atoms with Gasteiger partial charge in [0.05, 0.1) is 26.3 Å². The highest BCUT2D eigenvalue weighted by Crippen LogP contribution is 2.26. The van der Waals surface area contributed by atoms with Crippen molar-refractivity contribution < 1.29 is 19.1 Å². The van der Waals surface area contributed by atoms with E-state index in [2.05, 4.69) is 20.2 Å². The summed E-state index contributed by atoms with van der Waals surface area (Å²) in [7, 11) is 0. The molecular formula is C16H23N5O4. The molecular weight excluding hydrogens is 326 g/mol. The van der Waals surface area contributed by atoms with Crippen molar-refractivity contribution in [2.24, 2.45) is 0 Å². The third kappa shape index (κ3) is 4.56. The molecule has 2 saturated heterocycles. The van der Waals surface area contributed by atoms with Gasteiger partial charge in [0.2, 0.25) is 11.8 Å². The highest BCUT2D eigenvalue weighted by atomic mass is 16.5. The molecule has 25 heavy (non-hydrogen) atoms. The van der Waals surface area contributed by atoms with Crippen LogP contribution in [0.15, 0.2) is 12.4 Å². The van der Waals surface area contributed by atoms with Gasteiger partial charge in [-0.3, -0.25) is 9.59 Å². The molecule has 1 aromatic heterocycles. The van der Waals surface area contributed by atoms with E-state index in [1.165, 1.54) is 6.92 Å². The molecule has 2 amide bonds. The highest BCUT2D eigenvalue weighted by molar-refractivity contribution is 5.83. The normalized spacial score (nSPS) is 20.4. The fourth-order valence-corrected chi connectivity index (χ4v) is 2.91. The van der Waals surface area contributed by atoms with Crippen molar-refractivity contribution in [3.63, 3.8) is 0 Å². The van der Waals surface area contributed by atoms with E-state index in [4.69, 9.17) is 9.47 Å². The smallest absolute Gasteiger partial charge is 0.257 e. The largest absolute Gasteiger partial charge is 0.470 e. The van der Waals surface area contributed by atoms with Crippen LogP contribution in [-0.4, -0.2) is 78.7 Å². The zero-order chi connectivity index (χ0) is 17.6. The lowest BCUT2D eigenvalue weighted by Gasteiger charge is -2.29. The third-order valence-corrected chi connectivity index (χ3v) is 4.22. The van der Waals surface area contributed by atoms with Gasteiger partial charge in [0.1, 0.15) is 6.10 Å². The van der Waals surface area contributed by atoms with Crippen molar-refractivity contribution >= 4 is 17.6 Å². The number of amides is 2. The summed E-state index contributed by atoms with van der Waals surface area (Å²) in [5.41, 5.74) is 0. The Morgan fingerprint density at radius 3 is 2.80 bits per heavy atom. The maximum absolute atomic E-state index is 12.1. The van der Waals surface area contributed by atoms with Gasteiger partial charge >= 0.3 is 0 Å². The summed E-state index contributed by atoms with van der Waals surface area (Å²) in [4.78, 5) is 35.5. The maximum atomic E-state index is 12.1. The second-order valence-corrected chi connectivity index (χ2v) is 6.06. The SMILES string of the molecule is CC(=O)NCC(=O)N1CCC(Oc2nccnc2N2CCOCC2)C1. The summed E-state index contributed by atoms with van der Waals surface area (Å²) in [6.45, 7) is 5.32. The molecule has 0 spiro atoms. The summed E-state index contributed by atoms with van der Waals surface area (Å²) in [5.74, 6) is 0.892. The summed E-state index contributed by atoms with van der Waals surface area (Å²) in [6.07, 6.45) is 3.85. The molecule has 0 radical (unpaired) electrons. The second-order valence-electron chi connectivity index (χ2n) is 6.06. The van der Waals surface area contributed by atoms with E-state index < -0.39 is 0 Å². The van der Waals surface area contributed by atoms with E-state index in [-0.39, 0.29) is 24.5 Å². The minimum Gasteiger partial charge on any atom is -0.470 e. The van der Waals surface area contributed by atoms with Gasteiger partial charge in [0, 0.05) is 45.4 Å². The minimum absolute atomic E-state index is 0.0201. The van der Waals surface area contributed by atoms with Crippen molar-refractivity contribution in [1.82, 2.24) is 20.2 Å². The standard InChI is InChI=1S/C16H23N5O4/c1-12(22)19-10-14(23)21-5-2-13(11-21)25-16-15(17-3-4-18-16)20-6-8-24-9-7-20/h3-4,13H,2,5-11H2,1H3,(H,19,22). The van der Waals surface area contributed by atoms with Crippen LogP contribution in [0.25, 0.3) is 0 Å². The van der Waals surface area contributed by atoms with E-state index in [0.717, 1.165) is 19.5 Å². The van der Waals surface area contributed by atoms with Gasteiger partial charge in [-0.05, 0) is 0 Å². The van der Waals surface area contributed by atoms with Crippen molar-refractivity contribution in [2.45, 2.75) is 19.4 Å². The Morgan fingerprint density at radius 1 is 1.28 bits per heavy atom. The Kier molecular flexibility index (Phi) is 5.64. The molecule has 136 valence electrons. The lowest BCUT2D eigenvalue weighted by atomic mass is 10.3. The van der Waals surface area contributed by atoms with Crippen molar-refractivity contribution in [3.8, 4) is 5.88 Å². The monoisotopic (exact) mass is 349 g/mol. The Bertz CT molecular complexity index is 620. The molecule has 0 aromatic carbocycles. The molecule has 1 aromatic rings. The van der Waals surface area contributed by atoms with Crippen molar-refractivity contribution in [1.29, 1.82) is 0 Å². The van der Waals surface area contributed by atoms with E-state index >= 15 is 0 Å². The molecule has 9 nitrogen and oxygen atoms in total. The highest BCUT2D eigenvalue weighted by Gasteiger charge is 2.29. The van der Waals surface area contributed by atoms with Gasteiger partial charge in [-0.2, -0.15) is 0 Å². The fourth-order valence-electron chi connectivity index (χ4n) is 2.91. The first-order chi connectivity index (χ1) is 12.1. The molecule has 1 unspecified atom stereocenters. The van der Waals surface area contributed by atoms with Crippen LogP contribution in [0.3, 0.4) is 0 Å². The molecule has 0 bridgehead atoms. The predicted octanol–water partition coefficient (Wildman–Crippen LogP) is -0.571. The topological polar surface area (TPSA) is 96.9 Å². The van der Waals surface area contributed by atoms with Gasteiger partial charge in [-0.25, -0.2) is 9.97 Å². The number of nitrogens with one attached hydrogen (secondary N) is 1. The van der Waals surface area contributed by atoms with Gasteiger partial charge < -0.3 is 24.6 Å². The number of likely N-dealkylation sites (tertiary alicyclic amines) is 1. The summed E-state index contributed by atoms with van der Waals surface area (Å²) >= 11 is 0. The van der Waals surface area contributed by atoms with Crippen molar-refractivity contribution in [3.05, 3.63) is 12.4 Å². The zero-order valence-corrected chi connectivity index (χ0v) is 14.3. The maximum Gasteiger partial charge on any atom is 0.257 e. The number of ether oxygens (including phenoxy) is 2. The van der Waals surface area contributed by atoms with E-state index in [1.54, 1.807) is 17.3 Å². The number of anilines is 1. The Labute approximate surface area is 146 Å². The number of carbonyl (C=O) groups excluding carboxylic acids is 2. The van der Waals surface area contributed by atoms with E-state index in [1.807, 2.05) is 0 Å². The molecule has 1 N–H and O–H groups in total. The Hall–Kier alpha value is -2.42. The second kappa shape index (κ2) is 8.11. The first-order valence-corrected chi connectivity index (χ1v) is 8.46. The number of nitrogens with zero attached hydrogens (tertiary/aromatic N) is 4. The predicted molar refractivity (Wildman–Crippen MR) is 89.4 cm³/mol. The Morgan fingerprint density at radius 2 is 2.04 bits per heavy atom. The van der Waals surface area contributed by atoms with Gasteiger partial charge in [-0.1, -0.05) is 0 Å². The van der Waals surface area contributed by atoms with Crippen LogP contribution in [0.2, 0.25) is 0 Å². The quantitative estimate of drug-likeness (QED) is 0.760. The minimum atomic E-state index is -0.213. The lowest BCUT2D eigenvalue weighted by Crippen LogP contribution is -2.39. The summed E-state index contributed by atoms with van der Waals surface area (Å²) in [6, 6.07) is 0. The number of hydrogen-bond donors (Lipinski definition) is 1. The molecule has 0 saturated carbocycles. The first-order valence-electron chi connectivity index (χ1n) is 8.46. The average Bonchev–Trinajstić information content (AvgIpc) is 3.09. The lowest BCUT2D eigenvalue weighted by molar-refractivity contribution is -0.131. The molecule has 0 aliphatic carbocycles. The fraction of sp³-hybridized carbons (Fsp3) is 0.625. The number of morpholine rings is 1. The summed E-state index contributed by atoms with van der Waals surface area (Å²) < 4.78 is 11.4. The van der Waals surface area contributed by atoms with Gasteiger partial charge in [-0.15, -0.1) is 0 Å². The van der Waals surface area contributed by atoms with Crippen LogP contribution < -0.4 is 15.0 Å². The summed E-state index contributed by atoms with van der Waals surface area (Å²) in [5, 5.41) is 2.53. The van der Waals surface area contributed by atoms with Crippen LogP contribution in [0.1, 0.15) is 13.3 Å². The molecule has 2 aliphatic heterocycles. The number of aromatic nitrogens is 2. The number of rotatable bonds is 5. The van der Waals surface area contributed by atoms with Crippen LogP contribution >= 0.6 is 0 Å². The molecule has 3 rings (SSSR count). The zero-order valence-electron chi connectivity index (χ0n) is 14.3. The number of hydrogen-bond acceptors (Lipinski definition) is 7. The molecule has 1 atom stereocenters. The van der Waals surface area contributed by atoms with Gasteiger partial charge in [0.25, 0.3) is 5.88 Å². The molecule has 2 aliphatic rings. The van der Waals surface area contributed by atoms with Crippen LogP contribution in [0.4, 0.5) is 5.82 Å². The average molecular weight is 349 g/mol. The third-order valence-electron chi connectivity index (χ3n) is 4.22. The van der Waals surface area contributed by atoms with Crippen molar-refractivity contribution in [2.75, 3.05) is 50.8 Å². The van der Waals surface area contributed by atoms with Crippen LogP contribution in [0.5, 0.6) is 5.88 Å². The van der Waals surface area contributed by atoms with Gasteiger partial charge in [0.15, 0.2) is 5.82 Å². The number of carbonyl (C=O) groups is 2. The van der Waals surface area contributed by atoms with Crippen LogP contribution in [-0.2, 0) is 14.3 Å². The van der Waals surface area contributed by atoms with E-state index in [9.17, 15) is 9.59 Å². The molecule has 3 heterocycles. The molecule has 9 heteroatoms. The van der Waals surface area contributed by atoms with Crippen LogP contribution in [0, 0.1) is 0 Å². The Balaban J connectivity index is 1.58. The molecule has 2 fully saturated rings. The first kappa shape index (κ1) is 17.4. The van der Waals surface area contributed by atoms with E-state index in [0.29, 0.717) is 38.0 Å².